The summed E-state index contributed by atoms with van der Waals surface area (Å²) in [6.45, 7) is 2.60. The van der Waals surface area contributed by atoms with Crippen LogP contribution in [0.1, 0.15) is 10.4 Å². The fourth-order valence-electron chi connectivity index (χ4n) is 3.62. The summed E-state index contributed by atoms with van der Waals surface area (Å²) in [7, 11) is 0. The third-order valence-electron chi connectivity index (χ3n) is 5.30. The van der Waals surface area contributed by atoms with Gasteiger partial charge in [0.1, 0.15) is 5.75 Å². The number of hydrogen-bond donors (Lipinski definition) is 1. The molecule has 1 saturated heterocycles. The number of para-hydroxylation sites is 2. The zero-order chi connectivity index (χ0) is 22.3. The van der Waals surface area contributed by atoms with Gasteiger partial charge in [-0.15, -0.1) is 0 Å². The molecule has 3 aromatic carbocycles. The molecule has 0 aliphatic carbocycles. The first kappa shape index (κ1) is 21.7. The van der Waals surface area contributed by atoms with Crippen LogP contribution >= 0.6 is 11.6 Å². The fourth-order valence-corrected chi connectivity index (χ4v) is 3.75. The quantitative estimate of drug-likeness (QED) is 0.608. The smallest absolute Gasteiger partial charge is 0.262 e. The molecule has 1 heterocycles. The number of anilines is 2. The molecular formula is C25H24ClN3O3. The molecule has 0 radical (unpaired) electrons. The minimum atomic E-state index is -0.339. The van der Waals surface area contributed by atoms with Gasteiger partial charge in [-0.25, -0.2) is 0 Å². The van der Waals surface area contributed by atoms with Gasteiger partial charge in [-0.1, -0.05) is 41.9 Å². The van der Waals surface area contributed by atoms with Crippen molar-refractivity contribution >= 4 is 34.8 Å². The number of carbonyl (C=O) groups excluding carboxylic acids is 2. The van der Waals surface area contributed by atoms with Gasteiger partial charge in [0.2, 0.25) is 0 Å². The number of amides is 2. The van der Waals surface area contributed by atoms with Crippen LogP contribution in [0.5, 0.6) is 5.75 Å². The fraction of sp³-hybridized carbons (Fsp3) is 0.200. The zero-order valence-corrected chi connectivity index (χ0v) is 18.3. The van der Waals surface area contributed by atoms with Crippen LogP contribution < -0.4 is 15.0 Å². The van der Waals surface area contributed by atoms with E-state index in [0.29, 0.717) is 35.1 Å². The van der Waals surface area contributed by atoms with E-state index in [9.17, 15) is 9.59 Å². The minimum absolute atomic E-state index is 0.0905. The van der Waals surface area contributed by atoms with Crippen LogP contribution in [0.15, 0.2) is 78.9 Å². The van der Waals surface area contributed by atoms with Gasteiger partial charge in [-0.3, -0.25) is 9.59 Å². The maximum Gasteiger partial charge on any atom is 0.262 e. The van der Waals surface area contributed by atoms with Crippen LogP contribution in [0.2, 0.25) is 5.02 Å². The highest BCUT2D eigenvalue weighted by atomic mass is 35.5. The van der Waals surface area contributed by atoms with E-state index in [0.717, 1.165) is 18.8 Å². The van der Waals surface area contributed by atoms with Gasteiger partial charge in [0.05, 0.1) is 11.3 Å². The molecule has 0 spiro atoms. The summed E-state index contributed by atoms with van der Waals surface area (Å²) in [6.07, 6.45) is 0. The van der Waals surface area contributed by atoms with Gasteiger partial charge >= 0.3 is 0 Å². The average molecular weight is 450 g/mol. The zero-order valence-electron chi connectivity index (χ0n) is 17.5. The summed E-state index contributed by atoms with van der Waals surface area (Å²) in [5.41, 5.74) is 2.11. The van der Waals surface area contributed by atoms with Crippen LogP contribution in [0.4, 0.5) is 11.4 Å². The number of carbonyl (C=O) groups is 2. The van der Waals surface area contributed by atoms with E-state index in [1.165, 1.54) is 0 Å². The summed E-state index contributed by atoms with van der Waals surface area (Å²) in [4.78, 5) is 29.7. The minimum Gasteiger partial charge on any atom is -0.484 e. The Balaban J connectivity index is 1.36. The standard InChI is InChI=1S/C25H24ClN3O3/c26-19-10-12-21(13-11-19)32-18-24(30)27-23-9-5-4-8-22(23)25(31)29-16-14-28(15-17-29)20-6-2-1-3-7-20/h1-13H,14-18H2,(H,27,30). The van der Waals surface area contributed by atoms with Crippen molar-refractivity contribution in [2.24, 2.45) is 0 Å². The second kappa shape index (κ2) is 10.2. The molecule has 1 aliphatic heterocycles. The number of rotatable bonds is 6. The molecule has 1 fully saturated rings. The first-order chi connectivity index (χ1) is 15.6. The first-order valence-electron chi connectivity index (χ1n) is 10.5. The van der Waals surface area contributed by atoms with Gasteiger partial charge in [-0.2, -0.15) is 0 Å². The average Bonchev–Trinajstić information content (AvgIpc) is 2.84. The molecule has 2 amide bonds. The predicted octanol–water partition coefficient (Wildman–Crippen LogP) is 4.32. The van der Waals surface area contributed by atoms with Gasteiger partial charge in [0.15, 0.2) is 6.61 Å². The Morgan fingerprint density at radius 3 is 2.22 bits per heavy atom. The third-order valence-corrected chi connectivity index (χ3v) is 5.56. The van der Waals surface area contributed by atoms with E-state index in [1.807, 2.05) is 23.1 Å². The maximum atomic E-state index is 13.2. The highest BCUT2D eigenvalue weighted by molar-refractivity contribution is 6.30. The lowest BCUT2D eigenvalue weighted by Gasteiger charge is -2.36. The Hall–Kier alpha value is -3.51. The Labute approximate surface area is 192 Å². The summed E-state index contributed by atoms with van der Waals surface area (Å²) < 4.78 is 5.49. The van der Waals surface area contributed by atoms with Crippen molar-refractivity contribution in [2.75, 3.05) is 43.0 Å². The molecule has 4 rings (SSSR count). The van der Waals surface area contributed by atoms with E-state index in [1.54, 1.807) is 48.5 Å². The molecule has 1 N–H and O–H groups in total. The molecule has 164 valence electrons. The van der Waals surface area contributed by atoms with Crippen molar-refractivity contribution in [3.63, 3.8) is 0 Å². The lowest BCUT2D eigenvalue weighted by molar-refractivity contribution is -0.118. The van der Waals surface area contributed by atoms with E-state index >= 15 is 0 Å². The number of hydrogen-bond acceptors (Lipinski definition) is 4. The van der Waals surface area contributed by atoms with Gasteiger partial charge < -0.3 is 19.9 Å². The Morgan fingerprint density at radius 1 is 0.844 bits per heavy atom. The number of nitrogens with zero attached hydrogens (tertiary/aromatic N) is 2. The molecule has 0 saturated carbocycles. The lowest BCUT2D eigenvalue weighted by atomic mass is 10.1. The topological polar surface area (TPSA) is 61.9 Å². The van der Waals surface area contributed by atoms with E-state index in [-0.39, 0.29) is 18.4 Å². The maximum absolute atomic E-state index is 13.2. The van der Waals surface area contributed by atoms with Crippen molar-refractivity contribution in [3.05, 3.63) is 89.4 Å². The number of piperazine rings is 1. The largest absolute Gasteiger partial charge is 0.484 e. The van der Waals surface area contributed by atoms with Crippen LogP contribution in [0, 0.1) is 0 Å². The van der Waals surface area contributed by atoms with Crippen LogP contribution in [-0.4, -0.2) is 49.5 Å². The molecule has 32 heavy (non-hydrogen) atoms. The summed E-state index contributed by atoms with van der Waals surface area (Å²) in [6, 6.07) is 24.0. The number of ether oxygens (including phenoxy) is 1. The molecule has 6 nitrogen and oxygen atoms in total. The first-order valence-corrected chi connectivity index (χ1v) is 10.8. The summed E-state index contributed by atoms with van der Waals surface area (Å²) in [5.74, 6) is 0.117. The third kappa shape index (κ3) is 5.39. The molecule has 0 unspecified atom stereocenters. The summed E-state index contributed by atoms with van der Waals surface area (Å²) >= 11 is 5.86. The second-order valence-corrected chi connectivity index (χ2v) is 7.89. The molecule has 7 heteroatoms. The molecule has 0 atom stereocenters. The van der Waals surface area contributed by atoms with Crippen molar-refractivity contribution in [2.45, 2.75) is 0 Å². The van der Waals surface area contributed by atoms with Crippen LogP contribution in [-0.2, 0) is 4.79 Å². The van der Waals surface area contributed by atoms with Gasteiger partial charge in [-0.05, 0) is 48.5 Å². The van der Waals surface area contributed by atoms with Crippen molar-refractivity contribution in [1.29, 1.82) is 0 Å². The Morgan fingerprint density at radius 2 is 1.50 bits per heavy atom. The second-order valence-electron chi connectivity index (χ2n) is 7.45. The van der Waals surface area contributed by atoms with Crippen molar-refractivity contribution < 1.29 is 14.3 Å². The van der Waals surface area contributed by atoms with Gasteiger partial charge in [0, 0.05) is 36.9 Å². The molecule has 0 aromatic heterocycles. The number of benzene rings is 3. The van der Waals surface area contributed by atoms with Gasteiger partial charge in [0.25, 0.3) is 11.8 Å². The Bertz CT molecular complexity index is 1070. The van der Waals surface area contributed by atoms with Crippen molar-refractivity contribution in [1.82, 2.24) is 4.90 Å². The van der Waals surface area contributed by atoms with Crippen molar-refractivity contribution in [3.8, 4) is 5.75 Å². The highest BCUT2D eigenvalue weighted by Gasteiger charge is 2.24. The van der Waals surface area contributed by atoms with Crippen LogP contribution in [0.3, 0.4) is 0 Å². The Kier molecular flexibility index (Phi) is 6.92. The number of halogens is 1. The molecule has 1 aliphatic rings. The van der Waals surface area contributed by atoms with E-state index in [2.05, 4.69) is 22.3 Å². The van der Waals surface area contributed by atoms with E-state index < -0.39 is 0 Å². The van der Waals surface area contributed by atoms with Crippen LogP contribution in [0.25, 0.3) is 0 Å². The predicted molar refractivity (Wildman–Crippen MR) is 127 cm³/mol. The van der Waals surface area contributed by atoms with E-state index in [4.69, 9.17) is 16.3 Å². The summed E-state index contributed by atoms with van der Waals surface area (Å²) in [5, 5.41) is 3.40. The highest BCUT2D eigenvalue weighted by Crippen LogP contribution is 2.21. The SMILES string of the molecule is O=C(COc1ccc(Cl)cc1)Nc1ccccc1C(=O)N1CCN(c2ccccc2)CC1. The normalized spacial score (nSPS) is 13.5. The number of nitrogens with one attached hydrogen (secondary N) is 1. The molecule has 0 bridgehead atoms. The molecule has 3 aromatic rings. The lowest BCUT2D eigenvalue weighted by Crippen LogP contribution is -2.49. The monoisotopic (exact) mass is 449 g/mol. The molecular weight excluding hydrogens is 426 g/mol.